The zero-order chi connectivity index (χ0) is 17.2. The van der Waals surface area contributed by atoms with Gasteiger partial charge >= 0.3 is 0 Å². The van der Waals surface area contributed by atoms with Crippen molar-refractivity contribution < 1.29 is 13.9 Å². The number of allylic oxidation sites excluding steroid dienone is 3. The summed E-state index contributed by atoms with van der Waals surface area (Å²) in [6.07, 6.45) is 9.27. The predicted octanol–water partition coefficient (Wildman–Crippen LogP) is 4.78. The molecule has 0 bridgehead atoms. The lowest BCUT2D eigenvalue weighted by Crippen LogP contribution is -2.04. The molecule has 0 saturated heterocycles. The average molecular weight is 332 g/mol. The van der Waals surface area contributed by atoms with Crippen LogP contribution in [-0.4, -0.2) is 6.79 Å². The van der Waals surface area contributed by atoms with Crippen molar-refractivity contribution in [1.82, 2.24) is 0 Å². The van der Waals surface area contributed by atoms with Gasteiger partial charge in [0.25, 0.3) is 0 Å². The van der Waals surface area contributed by atoms with E-state index in [2.05, 4.69) is 0 Å². The summed E-state index contributed by atoms with van der Waals surface area (Å²) in [5, 5.41) is 0.554. The Kier molecular flexibility index (Phi) is 3.86. The van der Waals surface area contributed by atoms with Crippen LogP contribution >= 0.6 is 0 Å². The highest BCUT2D eigenvalue weighted by Gasteiger charge is 2.16. The molecule has 124 valence electrons. The Morgan fingerprint density at radius 1 is 1.00 bits per heavy atom. The van der Waals surface area contributed by atoms with Gasteiger partial charge in [0, 0.05) is 0 Å². The molecule has 0 unspecified atom stereocenters. The minimum atomic E-state index is -0.0681. The van der Waals surface area contributed by atoms with Crippen molar-refractivity contribution >= 4 is 17.0 Å². The van der Waals surface area contributed by atoms with E-state index in [0.29, 0.717) is 28.0 Å². The van der Waals surface area contributed by atoms with Gasteiger partial charge in [0.15, 0.2) is 11.5 Å². The Hall–Kier alpha value is -3.27. The Balaban J connectivity index is 1.82. The molecule has 0 radical (unpaired) electrons. The van der Waals surface area contributed by atoms with E-state index in [9.17, 15) is 4.79 Å². The van der Waals surface area contributed by atoms with E-state index in [4.69, 9.17) is 13.9 Å². The molecule has 4 heteroatoms. The molecule has 0 spiro atoms. The van der Waals surface area contributed by atoms with E-state index in [1.807, 2.05) is 55.5 Å². The number of rotatable bonds is 3. The minimum absolute atomic E-state index is 0.0681. The minimum Gasteiger partial charge on any atom is -0.463 e. The van der Waals surface area contributed by atoms with Crippen LogP contribution in [0, 0.1) is 0 Å². The van der Waals surface area contributed by atoms with Crippen LogP contribution in [0.5, 0.6) is 11.5 Å². The number of ether oxygens (including phenoxy) is 2. The van der Waals surface area contributed by atoms with Crippen LogP contribution in [0.3, 0.4) is 0 Å². The van der Waals surface area contributed by atoms with E-state index in [-0.39, 0.29) is 12.2 Å². The monoisotopic (exact) mass is 332 g/mol. The van der Waals surface area contributed by atoms with Gasteiger partial charge in [-0.2, -0.15) is 0 Å². The largest absolute Gasteiger partial charge is 0.463 e. The first-order valence-electron chi connectivity index (χ1n) is 8.01. The van der Waals surface area contributed by atoms with Crippen LogP contribution in [0.4, 0.5) is 0 Å². The molecule has 2 heterocycles. The summed E-state index contributed by atoms with van der Waals surface area (Å²) in [5.41, 5.74) is 2.69. The maximum absolute atomic E-state index is 12.9. The molecule has 2 aromatic carbocycles. The predicted molar refractivity (Wildman–Crippen MR) is 97.9 cm³/mol. The summed E-state index contributed by atoms with van der Waals surface area (Å²) in [6.45, 7) is 2.16. The molecule has 0 atom stereocenters. The zero-order valence-corrected chi connectivity index (χ0v) is 13.7. The number of hydrogen-bond acceptors (Lipinski definition) is 4. The van der Waals surface area contributed by atoms with Gasteiger partial charge in [-0.15, -0.1) is 0 Å². The molecular weight excluding hydrogens is 316 g/mol. The summed E-state index contributed by atoms with van der Waals surface area (Å²) in [6, 6.07) is 11.0. The highest BCUT2D eigenvalue weighted by atomic mass is 16.7. The fourth-order valence-corrected chi connectivity index (χ4v) is 2.79. The van der Waals surface area contributed by atoms with Gasteiger partial charge < -0.3 is 13.9 Å². The van der Waals surface area contributed by atoms with Gasteiger partial charge in [-0.25, -0.2) is 0 Å². The molecule has 1 aliphatic rings. The molecule has 4 rings (SSSR count). The maximum Gasteiger partial charge on any atom is 0.231 e. The molecular formula is C21H16O4. The molecule has 1 aliphatic heterocycles. The van der Waals surface area contributed by atoms with Gasteiger partial charge in [0.1, 0.15) is 11.8 Å². The second kappa shape index (κ2) is 6.32. The van der Waals surface area contributed by atoms with Gasteiger partial charge in [0.05, 0.1) is 10.9 Å². The maximum atomic E-state index is 12.9. The lowest BCUT2D eigenvalue weighted by molar-refractivity contribution is 0.174. The van der Waals surface area contributed by atoms with Crippen molar-refractivity contribution in [1.29, 1.82) is 0 Å². The average Bonchev–Trinajstić information content (AvgIpc) is 3.10. The first-order valence-corrected chi connectivity index (χ1v) is 8.01. The van der Waals surface area contributed by atoms with Crippen molar-refractivity contribution in [3.05, 3.63) is 76.7 Å². The Bertz CT molecular complexity index is 1060. The van der Waals surface area contributed by atoms with Gasteiger partial charge in [0.2, 0.25) is 12.2 Å². The van der Waals surface area contributed by atoms with Crippen LogP contribution in [0.2, 0.25) is 0 Å². The van der Waals surface area contributed by atoms with E-state index in [1.54, 1.807) is 12.1 Å². The third-order valence-corrected chi connectivity index (χ3v) is 4.07. The fourth-order valence-electron chi connectivity index (χ4n) is 2.79. The Morgan fingerprint density at radius 2 is 1.88 bits per heavy atom. The SMILES string of the molecule is C/C=C\C=C/c1ccc2occ(-c3ccc4c(c3)OCO4)c(=O)c2c1. The fraction of sp³-hybridized carbons (Fsp3) is 0.0952. The molecule has 0 amide bonds. The molecule has 0 aliphatic carbocycles. The second-order valence-corrected chi connectivity index (χ2v) is 5.69. The van der Waals surface area contributed by atoms with Crippen molar-refractivity contribution in [2.45, 2.75) is 6.92 Å². The molecule has 3 aromatic rings. The summed E-state index contributed by atoms with van der Waals surface area (Å²) in [4.78, 5) is 12.9. The van der Waals surface area contributed by atoms with Crippen LogP contribution in [0.1, 0.15) is 12.5 Å². The van der Waals surface area contributed by atoms with Crippen molar-refractivity contribution in [2.24, 2.45) is 0 Å². The topological polar surface area (TPSA) is 48.7 Å². The van der Waals surface area contributed by atoms with Crippen LogP contribution < -0.4 is 14.9 Å². The highest BCUT2D eigenvalue weighted by Crippen LogP contribution is 2.35. The summed E-state index contributed by atoms with van der Waals surface area (Å²) in [7, 11) is 0. The number of fused-ring (bicyclic) bond motifs is 2. The van der Waals surface area contributed by atoms with E-state index < -0.39 is 0 Å². The lowest BCUT2D eigenvalue weighted by Gasteiger charge is -2.05. The lowest BCUT2D eigenvalue weighted by atomic mass is 10.0. The van der Waals surface area contributed by atoms with Crippen LogP contribution in [-0.2, 0) is 0 Å². The zero-order valence-electron chi connectivity index (χ0n) is 13.7. The van der Waals surface area contributed by atoms with Gasteiger partial charge in [-0.05, 0) is 42.3 Å². The van der Waals surface area contributed by atoms with Gasteiger partial charge in [-0.1, -0.05) is 36.4 Å². The summed E-state index contributed by atoms with van der Waals surface area (Å²) < 4.78 is 16.4. The third kappa shape index (κ3) is 2.83. The van der Waals surface area contributed by atoms with Gasteiger partial charge in [-0.3, -0.25) is 4.79 Å². The van der Waals surface area contributed by atoms with E-state index >= 15 is 0 Å². The van der Waals surface area contributed by atoms with Crippen molar-refractivity contribution in [3.8, 4) is 22.6 Å². The van der Waals surface area contributed by atoms with Crippen molar-refractivity contribution in [3.63, 3.8) is 0 Å². The van der Waals surface area contributed by atoms with Crippen LogP contribution in [0.15, 0.2) is 70.1 Å². The Morgan fingerprint density at radius 3 is 2.76 bits per heavy atom. The number of hydrogen-bond donors (Lipinski definition) is 0. The van der Waals surface area contributed by atoms with E-state index in [0.717, 1.165) is 11.1 Å². The molecule has 1 aromatic heterocycles. The summed E-state index contributed by atoms with van der Waals surface area (Å²) in [5.74, 6) is 1.32. The molecule has 0 N–H and O–H groups in total. The Labute approximate surface area is 144 Å². The normalized spacial score (nSPS) is 13.3. The first kappa shape index (κ1) is 15.3. The summed E-state index contributed by atoms with van der Waals surface area (Å²) >= 11 is 0. The molecule has 25 heavy (non-hydrogen) atoms. The smallest absolute Gasteiger partial charge is 0.231 e. The molecule has 4 nitrogen and oxygen atoms in total. The van der Waals surface area contributed by atoms with Crippen molar-refractivity contribution in [2.75, 3.05) is 6.79 Å². The highest BCUT2D eigenvalue weighted by molar-refractivity contribution is 5.84. The molecule has 0 saturated carbocycles. The van der Waals surface area contributed by atoms with E-state index in [1.165, 1.54) is 6.26 Å². The third-order valence-electron chi connectivity index (χ3n) is 4.07. The first-order chi connectivity index (χ1) is 12.3. The van der Waals surface area contributed by atoms with Crippen LogP contribution in [0.25, 0.3) is 28.2 Å². The second-order valence-electron chi connectivity index (χ2n) is 5.69. The quantitative estimate of drug-likeness (QED) is 0.648. The molecule has 0 fully saturated rings. The number of benzene rings is 2. The standard InChI is InChI=1S/C21H16O4/c1-2-3-4-5-14-6-8-18-16(10-14)21(22)17(12-23-18)15-7-9-19-20(11-15)25-13-24-19/h2-12H,13H2,1H3/b3-2-,5-4-.